The van der Waals surface area contributed by atoms with Crippen LogP contribution >= 0.6 is 11.8 Å². The van der Waals surface area contributed by atoms with Gasteiger partial charge in [-0.15, -0.1) is 5.75 Å². The van der Waals surface area contributed by atoms with Gasteiger partial charge in [-0.1, -0.05) is 24.3 Å². The van der Waals surface area contributed by atoms with Crippen molar-refractivity contribution in [1.82, 2.24) is 0 Å². The SMILES string of the molecule is O=C(O)c1ccc(/C=C2\SC(=O)N(c3cccc([O-])c3)C2=O)cc1. The van der Waals surface area contributed by atoms with Gasteiger partial charge in [0.25, 0.3) is 11.1 Å². The molecule has 2 amide bonds. The van der Waals surface area contributed by atoms with Gasteiger partial charge in [0.15, 0.2) is 0 Å². The normalized spacial score (nSPS) is 16.0. The molecule has 0 unspecified atom stereocenters. The van der Waals surface area contributed by atoms with E-state index in [1.54, 1.807) is 12.1 Å². The smallest absolute Gasteiger partial charge is 0.335 e. The molecule has 120 valence electrons. The molecule has 2 aromatic carbocycles. The minimum absolute atomic E-state index is 0.132. The van der Waals surface area contributed by atoms with Crippen molar-refractivity contribution in [2.75, 3.05) is 4.90 Å². The average molecular weight is 340 g/mol. The summed E-state index contributed by atoms with van der Waals surface area (Å²) in [5, 5.41) is 19.8. The third-order valence-corrected chi connectivity index (χ3v) is 4.19. The number of aromatic carboxylic acids is 1. The molecular formula is C17H10NO5S-. The van der Waals surface area contributed by atoms with Crippen LogP contribution in [0.25, 0.3) is 6.08 Å². The number of hydrogen-bond donors (Lipinski definition) is 1. The van der Waals surface area contributed by atoms with E-state index in [1.165, 1.54) is 42.5 Å². The van der Waals surface area contributed by atoms with E-state index in [4.69, 9.17) is 5.11 Å². The van der Waals surface area contributed by atoms with Gasteiger partial charge in [-0.25, -0.2) is 9.69 Å². The summed E-state index contributed by atoms with van der Waals surface area (Å²) in [6, 6.07) is 11.5. The molecule has 0 aromatic heterocycles. The zero-order valence-corrected chi connectivity index (χ0v) is 12.9. The number of imide groups is 1. The molecule has 2 aromatic rings. The van der Waals surface area contributed by atoms with E-state index in [0.29, 0.717) is 5.56 Å². The maximum atomic E-state index is 12.4. The lowest BCUT2D eigenvalue weighted by Crippen LogP contribution is -2.27. The maximum Gasteiger partial charge on any atom is 0.335 e. The Morgan fingerprint density at radius 2 is 1.83 bits per heavy atom. The summed E-state index contributed by atoms with van der Waals surface area (Å²) >= 11 is 0.768. The number of benzene rings is 2. The van der Waals surface area contributed by atoms with Crippen LogP contribution in [0.3, 0.4) is 0 Å². The molecule has 0 radical (unpaired) electrons. The molecule has 0 saturated carbocycles. The largest absolute Gasteiger partial charge is 0.872 e. The van der Waals surface area contributed by atoms with Crippen LogP contribution in [0.5, 0.6) is 5.75 Å². The third-order valence-electron chi connectivity index (χ3n) is 3.32. The first-order chi connectivity index (χ1) is 11.5. The van der Waals surface area contributed by atoms with Gasteiger partial charge in [0.2, 0.25) is 0 Å². The molecule has 1 fully saturated rings. The number of carboxylic acids is 1. The lowest BCUT2D eigenvalue weighted by atomic mass is 10.1. The van der Waals surface area contributed by atoms with E-state index in [2.05, 4.69) is 0 Å². The molecule has 3 rings (SSSR count). The van der Waals surface area contributed by atoms with E-state index in [1.807, 2.05) is 0 Å². The Kier molecular flexibility index (Phi) is 4.09. The Bertz CT molecular complexity index is 873. The fourth-order valence-electron chi connectivity index (χ4n) is 2.19. The van der Waals surface area contributed by atoms with Gasteiger partial charge in [0, 0.05) is 0 Å². The molecule has 7 heteroatoms. The summed E-state index contributed by atoms with van der Waals surface area (Å²) in [6.45, 7) is 0. The predicted octanol–water partition coefficient (Wildman–Crippen LogP) is 2.70. The van der Waals surface area contributed by atoms with E-state index >= 15 is 0 Å². The van der Waals surface area contributed by atoms with E-state index in [9.17, 15) is 19.5 Å². The van der Waals surface area contributed by atoms with Crippen LogP contribution in [0, 0.1) is 0 Å². The first-order valence-corrected chi connectivity index (χ1v) is 7.66. The Hall–Kier alpha value is -3.06. The minimum atomic E-state index is -1.04. The molecule has 1 heterocycles. The topological polar surface area (TPSA) is 97.7 Å². The molecule has 1 aliphatic rings. The Morgan fingerprint density at radius 1 is 1.12 bits per heavy atom. The number of anilines is 1. The van der Waals surface area contributed by atoms with E-state index < -0.39 is 17.1 Å². The molecular weight excluding hydrogens is 330 g/mol. The quantitative estimate of drug-likeness (QED) is 0.863. The van der Waals surface area contributed by atoms with Crippen LogP contribution in [-0.4, -0.2) is 22.2 Å². The second-order valence-electron chi connectivity index (χ2n) is 4.94. The van der Waals surface area contributed by atoms with Gasteiger partial charge < -0.3 is 10.2 Å². The van der Waals surface area contributed by atoms with Crippen molar-refractivity contribution in [2.24, 2.45) is 0 Å². The highest BCUT2D eigenvalue weighted by molar-refractivity contribution is 8.19. The van der Waals surface area contributed by atoms with Crippen molar-refractivity contribution in [3.8, 4) is 5.75 Å². The lowest BCUT2D eigenvalue weighted by Gasteiger charge is -2.15. The summed E-state index contributed by atoms with van der Waals surface area (Å²) < 4.78 is 0. The molecule has 1 N–H and O–H groups in total. The van der Waals surface area contributed by atoms with Crippen LogP contribution in [0.1, 0.15) is 15.9 Å². The van der Waals surface area contributed by atoms with Crippen molar-refractivity contribution < 1.29 is 24.6 Å². The standard InChI is InChI=1S/C17H11NO5S/c19-13-3-1-2-12(9-13)18-15(20)14(24-17(18)23)8-10-4-6-11(7-5-10)16(21)22/h1-9,19H,(H,21,22)/p-1/b14-8-. The minimum Gasteiger partial charge on any atom is -0.872 e. The second-order valence-corrected chi connectivity index (χ2v) is 5.93. The zero-order chi connectivity index (χ0) is 17.3. The van der Waals surface area contributed by atoms with Crippen LogP contribution < -0.4 is 10.0 Å². The first kappa shape index (κ1) is 15.8. The van der Waals surface area contributed by atoms with Gasteiger partial charge in [0.05, 0.1) is 16.2 Å². The molecule has 1 saturated heterocycles. The van der Waals surface area contributed by atoms with E-state index in [-0.39, 0.29) is 21.9 Å². The summed E-state index contributed by atoms with van der Waals surface area (Å²) in [7, 11) is 0. The monoisotopic (exact) mass is 340 g/mol. The van der Waals surface area contributed by atoms with Gasteiger partial charge in [-0.05, 0) is 47.7 Å². The van der Waals surface area contributed by atoms with Gasteiger partial charge >= 0.3 is 5.97 Å². The number of rotatable bonds is 3. The van der Waals surface area contributed by atoms with Crippen molar-refractivity contribution in [1.29, 1.82) is 0 Å². The average Bonchev–Trinajstić information content (AvgIpc) is 2.82. The molecule has 0 aliphatic carbocycles. The summed E-state index contributed by atoms with van der Waals surface area (Å²) in [4.78, 5) is 36.5. The predicted molar refractivity (Wildman–Crippen MR) is 87.7 cm³/mol. The van der Waals surface area contributed by atoms with Crippen molar-refractivity contribution in [2.45, 2.75) is 0 Å². The van der Waals surface area contributed by atoms with E-state index in [0.717, 1.165) is 16.7 Å². The number of carbonyl (C=O) groups is 3. The number of nitrogens with zero attached hydrogens (tertiary/aromatic N) is 1. The van der Waals surface area contributed by atoms with Gasteiger partial charge in [-0.3, -0.25) is 9.59 Å². The first-order valence-electron chi connectivity index (χ1n) is 6.84. The Balaban J connectivity index is 1.89. The fourth-order valence-corrected chi connectivity index (χ4v) is 3.03. The summed E-state index contributed by atoms with van der Waals surface area (Å²) in [5.41, 5.74) is 0.963. The van der Waals surface area contributed by atoms with Gasteiger partial charge in [-0.2, -0.15) is 0 Å². The fraction of sp³-hybridized carbons (Fsp3) is 0. The van der Waals surface area contributed by atoms with Gasteiger partial charge in [0.1, 0.15) is 0 Å². The lowest BCUT2D eigenvalue weighted by molar-refractivity contribution is -0.268. The molecule has 6 nitrogen and oxygen atoms in total. The number of thioether (sulfide) groups is 1. The second kappa shape index (κ2) is 6.21. The highest BCUT2D eigenvalue weighted by Crippen LogP contribution is 2.36. The molecule has 0 bridgehead atoms. The number of carboxylic acid groups (broad SMARTS) is 1. The third kappa shape index (κ3) is 3.02. The Labute approximate surface area is 141 Å². The summed E-state index contributed by atoms with van der Waals surface area (Å²) in [6.07, 6.45) is 1.51. The maximum absolute atomic E-state index is 12.4. The molecule has 0 atom stereocenters. The number of amides is 2. The Morgan fingerprint density at radius 3 is 2.46 bits per heavy atom. The summed E-state index contributed by atoms with van der Waals surface area (Å²) in [5.74, 6) is -1.85. The molecule has 0 spiro atoms. The number of carbonyl (C=O) groups excluding carboxylic acids is 2. The van der Waals surface area contributed by atoms with Crippen molar-refractivity contribution in [3.05, 3.63) is 64.6 Å². The van der Waals surface area contributed by atoms with Crippen LogP contribution in [0.2, 0.25) is 0 Å². The highest BCUT2D eigenvalue weighted by atomic mass is 32.2. The molecule has 1 aliphatic heterocycles. The molecule has 24 heavy (non-hydrogen) atoms. The van der Waals surface area contributed by atoms with Crippen LogP contribution in [0.4, 0.5) is 10.5 Å². The highest BCUT2D eigenvalue weighted by Gasteiger charge is 2.36. The number of hydrogen-bond acceptors (Lipinski definition) is 5. The zero-order valence-electron chi connectivity index (χ0n) is 12.1. The van der Waals surface area contributed by atoms with Crippen molar-refractivity contribution in [3.63, 3.8) is 0 Å². The van der Waals surface area contributed by atoms with Crippen LogP contribution in [0.15, 0.2) is 53.4 Å². The van der Waals surface area contributed by atoms with Crippen molar-refractivity contribution >= 4 is 40.6 Å². The van der Waals surface area contributed by atoms with Crippen LogP contribution in [-0.2, 0) is 4.79 Å².